The van der Waals surface area contributed by atoms with Crippen molar-refractivity contribution in [2.45, 2.75) is 43.5 Å². The van der Waals surface area contributed by atoms with Gasteiger partial charge in [0.2, 0.25) is 10.0 Å². The van der Waals surface area contributed by atoms with Gasteiger partial charge in [0.25, 0.3) is 0 Å². The van der Waals surface area contributed by atoms with E-state index in [0.717, 1.165) is 24.8 Å². The van der Waals surface area contributed by atoms with E-state index in [1.54, 1.807) is 16.4 Å². The highest BCUT2D eigenvalue weighted by Crippen LogP contribution is 2.35. The van der Waals surface area contributed by atoms with Crippen molar-refractivity contribution in [1.29, 1.82) is 0 Å². The molecule has 3 nitrogen and oxygen atoms in total. The van der Waals surface area contributed by atoms with Crippen LogP contribution in [0, 0.1) is 12.8 Å². The van der Waals surface area contributed by atoms with Crippen LogP contribution in [-0.2, 0) is 10.0 Å². The van der Waals surface area contributed by atoms with Gasteiger partial charge in [0.1, 0.15) is 0 Å². The monoisotopic (exact) mass is 291 g/mol. The molecule has 1 aromatic carbocycles. The molecule has 0 bridgehead atoms. The van der Waals surface area contributed by atoms with Crippen molar-refractivity contribution < 1.29 is 8.42 Å². The van der Waals surface area contributed by atoms with Gasteiger partial charge >= 0.3 is 0 Å². The Balaban J connectivity index is 1.94. The number of benzene rings is 1. The highest BCUT2D eigenvalue weighted by Gasteiger charge is 2.37. The van der Waals surface area contributed by atoms with E-state index in [2.05, 4.69) is 6.08 Å². The standard InChI is InChI=1S/C16H21NO2S/c1-13-8-10-15(11-9-13)20(18,19)17-12-4-6-14-5-2-3-7-16(14)17/h4,6,8-11,14,16H,2-3,5,7,12H2,1H3/t14-,16+/m1/s1. The molecule has 4 heteroatoms. The zero-order valence-corrected chi connectivity index (χ0v) is 12.6. The quantitative estimate of drug-likeness (QED) is 0.785. The van der Waals surface area contributed by atoms with Crippen molar-refractivity contribution >= 4 is 10.0 Å². The second-order valence-corrected chi connectivity index (χ2v) is 7.72. The molecule has 1 aliphatic heterocycles. The maximum atomic E-state index is 12.8. The summed E-state index contributed by atoms with van der Waals surface area (Å²) in [6.07, 6.45) is 8.67. The summed E-state index contributed by atoms with van der Waals surface area (Å²) in [4.78, 5) is 0.419. The Hall–Kier alpha value is -1.13. The molecule has 1 aromatic rings. The van der Waals surface area contributed by atoms with Gasteiger partial charge in [-0.3, -0.25) is 0 Å². The van der Waals surface area contributed by atoms with E-state index in [4.69, 9.17) is 0 Å². The van der Waals surface area contributed by atoms with Gasteiger partial charge in [-0.2, -0.15) is 4.31 Å². The van der Waals surface area contributed by atoms with Crippen LogP contribution in [0.4, 0.5) is 0 Å². The molecule has 3 rings (SSSR count). The lowest BCUT2D eigenvalue weighted by Gasteiger charge is -2.40. The molecule has 1 fully saturated rings. The molecular formula is C16H21NO2S. The van der Waals surface area contributed by atoms with Crippen LogP contribution < -0.4 is 0 Å². The van der Waals surface area contributed by atoms with Crippen LogP contribution in [0.15, 0.2) is 41.3 Å². The summed E-state index contributed by atoms with van der Waals surface area (Å²) in [5.74, 6) is 0.401. The van der Waals surface area contributed by atoms with Crippen LogP contribution in [0.3, 0.4) is 0 Å². The van der Waals surface area contributed by atoms with E-state index in [9.17, 15) is 8.42 Å². The molecule has 1 saturated carbocycles. The molecule has 0 saturated heterocycles. The van der Waals surface area contributed by atoms with Crippen molar-refractivity contribution in [3.05, 3.63) is 42.0 Å². The van der Waals surface area contributed by atoms with Gasteiger partial charge in [-0.05, 0) is 37.8 Å². The van der Waals surface area contributed by atoms with Crippen molar-refractivity contribution in [1.82, 2.24) is 4.31 Å². The van der Waals surface area contributed by atoms with Crippen LogP contribution in [0.25, 0.3) is 0 Å². The third-order valence-electron chi connectivity index (χ3n) is 4.45. The minimum Gasteiger partial charge on any atom is -0.207 e. The van der Waals surface area contributed by atoms with Gasteiger partial charge < -0.3 is 0 Å². The Bertz CT molecular complexity index is 604. The lowest BCUT2D eigenvalue weighted by atomic mass is 9.83. The van der Waals surface area contributed by atoms with Crippen LogP contribution in [0.5, 0.6) is 0 Å². The number of nitrogens with zero attached hydrogens (tertiary/aromatic N) is 1. The minimum absolute atomic E-state index is 0.153. The lowest BCUT2D eigenvalue weighted by molar-refractivity contribution is 0.208. The number of hydrogen-bond donors (Lipinski definition) is 0. The smallest absolute Gasteiger partial charge is 0.207 e. The summed E-state index contributed by atoms with van der Waals surface area (Å²) in [7, 11) is -3.37. The van der Waals surface area contributed by atoms with E-state index in [0.29, 0.717) is 17.4 Å². The van der Waals surface area contributed by atoms with E-state index >= 15 is 0 Å². The van der Waals surface area contributed by atoms with Crippen LogP contribution in [0.1, 0.15) is 31.2 Å². The van der Waals surface area contributed by atoms with Crippen molar-refractivity contribution in [2.75, 3.05) is 6.54 Å². The van der Waals surface area contributed by atoms with Gasteiger partial charge in [0.05, 0.1) is 4.90 Å². The first-order valence-corrected chi connectivity index (χ1v) is 8.78. The van der Waals surface area contributed by atoms with Gasteiger partial charge in [-0.15, -0.1) is 0 Å². The summed E-state index contributed by atoms with van der Waals surface area (Å²) >= 11 is 0. The summed E-state index contributed by atoms with van der Waals surface area (Å²) in [6.45, 7) is 2.48. The van der Waals surface area contributed by atoms with Crippen LogP contribution in [0.2, 0.25) is 0 Å². The zero-order valence-electron chi connectivity index (χ0n) is 11.8. The molecule has 0 aromatic heterocycles. The predicted molar refractivity (Wildman–Crippen MR) is 80.0 cm³/mol. The van der Waals surface area contributed by atoms with Crippen molar-refractivity contribution in [3.8, 4) is 0 Å². The van der Waals surface area contributed by atoms with E-state index in [1.807, 2.05) is 25.1 Å². The van der Waals surface area contributed by atoms with Crippen LogP contribution in [-0.4, -0.2) is 25.3 Å². The van der Waals surface area contributed by atoms with Crippen molar-refractivity contribution in [3.63, 3.8) is 0 Å². The lowest BCUT2D eigenvalue weighted by Crippen LogP contribution is -2.47. The molecule has 0 spiro atoms. The first kappa shape index (κ1) is 13.8. The molecule has 108 valence electrons. The highest BCUT2D eigenvalue weighted by molar-refractivity contribution is 7.89. The molecule has 0 unspecified atom stereocenters. The molecule has 1 heterocycles. The van der Waals surface area contributed by atoms with Gasteiger partial charge in [-0.25, -0.2) is 8.42 Å². The molecule has 20 heavy (non-hydrogen) atoms. The predicted octanol–water partition coefficient (Wildman–Crippen LogP) is 3.11. The second-order valence-electron chi connectivity index (χ2n) is 5.83. The maximum Gasteiger partial charge on any atom is 0.243 e. The van der Waals surface area contributed by atoms with Crippen molar-refractivity contribution in [2.24, 2.45) is 5.92 Å². The SMILES string of the molecule is Cc1ccc(S(=O)(=O)N2CC=C[C@H]3CCCC[C@@H]32)cc1. The third kappa shape index (κ3) is 2.42. The summed E-state index contributed by atoms with van der Waals surface area (Å²) in [6, 6.07) is 7.33. The number of fused-ring (bicyclic) bond motifs is 1. The average Bonchev–Trinajstić information content (AvgIpc) is 2.47. The molecule has 2 atom stereocenters. The Morgan fingerprint density at radius 3 is 2.55 bits per heavy atom. The Labute approximate surface area is 121 Å². The normalized spacial score (nSPS) is 27.2. The Kier molecular flexibility index (Phi) is 3.69. The number of hydrogen-bond acceptors (Lipinski definition) is 2. The molecule has 2 aliphatic rings. The van der Waals surface area contributed by atoms with Crippen LogP contribution >= 0.6 is 0 Å². The summed E-state index contributed by atoms with van der Waals surface area (Å²) < 4.78 is 27.4. The zero-order chi connectivity index (χ0) is 14.2. The summed E-state index contributed by atoms with van der Waals surface area (Å²) in [5, 5.41) is 0. The van der Waals surface area contributed by atoms with E-state index < -0.39 is 10.0 Å². The average molecular weight is 291 g/mol. The van der Waals surface area contributed by atoms with Gasteiger partial charge in [0, 0.05) is 12.6 Å². The topological polar surface area (TPSA) is 37.4 Å². The second kappa shape index (κ2) is 5.34. The third-order valence-corrected chi connectivity index (χ3v) is 6.35. The first-order valence-electron chi connectivity index (χ1n) is 7.34. The Morgan fingerprint density at radius 1 is 1.10 bits per heavy atom. The first-order chi connectivity index (χ1) is 9.59. The number of aryl methyl sites for hydroxylation is 1. The maximum absolute atomic E-state index is 12.8. The fraction of sp³-hybridized carbons (Fsp3) is 0.500. The molecule has 0 N–H and O–H groups in total. The molecule has 0 amide bonds. The largest absolute Gasteiger partial charge is 0.243 e. The molecular weight excluding hydrogens is 270 g/mol. The van der Waals surface area contributed by atoms with Gasteiger partial charge in [0.15, 0.2) is 0 Å². The summed E-state index contributed by atoms with van der Waals surface area (Å²) in [5.41, 5.74) is 1.08. The van der Waals surface area contributed by atoms with Gasteiger partial charge in [-0.1, -0.05) is 42.7 Å². The minimum atomic E-state index is -3.37. The van der Waals surface area contributed by atoms with E-state index in [-0.39, 0.29) is 6.04 Å². The highest BCUT2D eigenvalue weighted by atomic mass is 32.2. The number of sulfonamides is 1. The Morgan fingerprint density at radius 2 is 1.80 bits per heavy atom. The fourth-order valence-electron chi connectivity index (χ4n) is 3.32. The fourth-order valence-corrected chi connectivity index (χ4v) is 4.97. The molecule has 1 aliphatic carbocycles. The van der Waals surface area contributed by atoms with E-state index in [1.165, 1.54) is 6.42 Å². The number of rotatable bonds is 2. The molecule has 0 radical (unpaired) electrons.